The number of hydrogen-bond donors (Lipinski definition) is 1. The van der Waals surface area contributed by atoms with Crippen LogP contribution in [0.5, 0.6) is 5.75 Å². The molecule has 1 atom stereocenters. The van der Waals surface area contributed by atoms with Gasteiger partial charge in [0.05, 0.1) is 5.02 Å². The zero-order chi connectivity index (χ0) is 13.8. The second kappa shape index (κ2) is 6.29. The van der Waals surface area contributed by atoms with Crippen molar-refractivity contribution in [3.63, 3.8) is 0 Å². The van der Waals surface area contributed by atoms with Gasteiger partial charge in [-0.15, -0.1) is 13.2 Å². The number of nitrogens with two attached hydrogens (primary N) is 1. The SMILES string of the molecule is CCCC[C@@H](N)c1ccc(OC(F)(F)F)c(Cl)c1. The number of benzene rings is 1. The molecule has 1 rings (SSSR count). The Morgan fingerprint density at radius 3 is 2.56 bits per heavy atom. The second-order valence-corrected chi connectivity index (χ2v) is 4.39. The smallest absolute Gasteiger partial charge is 0.404 e. The Morgan fingerprint density at radius 1 is 1.39 bits per heavy atom. The van der Waals surface area contributed by atoms with Gasteiger partial charge in [-0.1, -0.05) is 37.4 Å². The predicted molar refractivity (Wildman–Crippen MR) is 64.6 cm³/mol. The summed E-state index contributed by atoms with van der Waals surface area (Å²) in [6, 6.07) is 3.90. The fourth-order valence-electron chi connectivity index (χ4n) is 1.55. The van der Waals surface area contributed by atoms with Crippen molar-refractivity contribution in [2.24, 2.45) is 5.73 Å². The van der Waals surface area contributed by atoms with E-state index in [2.05, 4.69) is 4.74 Å². The highest BCUT2D eigenvalue weighted by Crippen LogP contribution is 2.32. The quantitative estimate of drug-likeness (QED) is 0.866. The first-order valence-corrected chi connectivity index (χ1v) is 6.02. The molecule has 0 aromatic heterocycles. The third-order valence-corrected chi connectivity index (χ3v) is 2.77. The molecule has 2 nitrogen and oxygen atoms in total. The van der Waals surface area contributed by atoms with Crippen molar-refractivity contribution in [2.45, 2.75) is 38.6 Å². The maximum absolute atomic E-state index is 12.0. The molecule has 102 valence electrons. The van der Waals surface area contributed by atoms with Crippen LogP contribution in [0.2, 0.25) is 5.02 Å². The van der Waals surface area contributed by atoms with E-state index in [0.717, 1.165) is 19.3 Å². The van der Waals surface area contributed by atoms with Crippen LogP contribution in [0.4, 0.5) is 13.2 Å². The standard InChI is InChI=1S/C12H15ClF3NO/c1-2-3-4-10(17)8-5-6-11(9(13)7-8)18-12(14,15)16/h5-7,10H,2-4,17H2,1H3/t10-/m1/s1. The molecule has 18 heavy (non-hydrogen) atoms. The Labute approximate surface area is 109 Å². The molecule has 0 saturated carbocycles. The minimum atomic E-state index is -4.74. The third kappa shape index (κ3) is 4.74. The van der Waals surface area contributed by atoms with Crippen molar-refractivity contribution in [1.82, 2.24) is 0 Å². The first-order chi connectivity index (χ1) is 8.33. The van der Waals surface area contributed by atoms with Gasteiger partial charge in [0.1, 0.15) is 5.75 Å². The molecule has 0 aliphatic carbocycles. The lowest BCUT2D eigenvalue weighted by atomic mass is 10.0. The van der Waals surface area contributed by atoms with Gasteiger partial charge in [-0.05, 0) is 24.1 Å². The van der Waals surface area contributed by atoms with E-state index in [1.807, 2.05) is 6.92 Å². The van der Waals surface area contributed by atoms with Crippen LogP contribution < -0.4 is 10.5 Å². The Bertz CT molecular complexity index is 395. The number of hydrogen-bond acceptors (Lipinski definition) is 2. The van der Waals surface area contributed by atoms with Crippen molar-refractivity contribution < 1.29 is 17.9 Å². The molecule has 0 saturated heterocycles. The van der Waals surface area contributed by atoms with Gasteiger partial charge >= 0.3 is 6.36 Å². The van der Waals surface area contributed by atoms with Gasteiger partial charge in [0.25, 0.3) is 0 Å². The average Bonchev–Trinajstić information content (AvgIpc) is 2.27. The Hall–Kier alpha value is -0.940. The zero-order valence-electron chi connectivity index (χ0n) is 9.93. The van der Waals surface area contributed by atoms with Crippen LogP contribution in [-0.2, 0) is 0 Å². The van der Waals surface area contributed by atoms with Crippen molar-refractivity contribution in [3.8, 4) is 5.75 Å². The molecule has 0 bridgehead atoms. The summed E-state index contributed by atoms with van der Waals surface area (Å²) < 4.78 is 39.9. The van der Waals surface area contributed by atoms with E-state index in [4.69, 9.17) is 17.3 Å². The first-order valence-electron chi connectivity index (χ1n) is 5.64. The summed E-state index contributed by atoms with van der Waals surface area (Å²) in [5.41, 5.74) is 6.62. The summed E-state index contributed by atoms with van der Waals surface area (Å²) in [6.45, 7) is 2.04. The second-order valence-electron chi connectivity index (χ2n) is 3.99. The van der Waals surface area contributed by atoms with E-state index in [-0.39, 0.29) is 11.1 Å². The first kappa shape index (κ1) is 15.1. The van der Waals surface area contributed by atoms with E-state index < -0.39 is 12.1 Å². The zero-order valence-corrected chi connectivity index (χ0v) is 10.7. The van der Waals surface area contributed by atoms with E-state index >= 15 is 0 Å². The van der Waals surface area contributed by atoms with Crippen LogP contribution in [0.15, 0.2) is 18.2 Å². The molecular formula is C12H15ClF3NO. The summed E-state index contributed by atoms with van der Waals surface area (Å²) in [4.78, 5) is 0. The summed E-state index contributed by atoms with van der Waals surface area (Å²) in [5, 5.41) is -0.0863. The highest BCUT2D eigenvalue weighted by molar-refractivity contribution is 6.32. The molecule has 0 spiro atoms. The molecule has 0 fully saturated rings. The van der Waals surface area contributed by atoms with Crippen molar-refractivity contribution in [2.75, 3.05) is 0 Å². The van der Waals surface area contributed by atoms with E-state index in [0.29, 0.717) is 5.56 Å². The highest BCUT2D eigenvalue weighted by atomic mass is 35.5. The summed E-state index contributed by atoms with van der Waals surface area (Å²) in [6.07, 6.45) is -2.00. The van der Waals surface area contributed by atoms with Crippen molar-refractivity contribution in [1.29, 1.82) is 0 Å². The number of alkyl halides is 3. The number of ether oxygens (including phenoxy) is 1. The lowest BCUT2D eigenvalue weighted by Crippen LogP contribution is -2.17. The van der Waals surface area contributed by atoms with Crippen LogP contribution in [0.25, 0.3) is 0 Å². The fraction of sp³-hybridized carbons (Fsp3) is 0.500. The molecular weight excluding hydrogens is 267 g/mol. The Kier molecular flexibility index (Phi) is 5.28. The highest BCUT2D eigenvalue weighted by Gasteiger charge is 2.32. The number of halogens is 4. The Balaban J connectivity index is 2.79. The monoisotopic (exact) mass is 281 g/mol. The summed E-state index contributed by atoms with van der Waals surface area (Å²) >= 11 is 5.73. The van der Waals surface area contributed by atoms with Gasteiger partial charge in [-0.2, -0.15) is 0 Å². The minimum absolute atomic E-state index is 0.0863. The molecule has 0 unspecified atom stereocenters. The molecule has 6 heteroatoms. The van der Waals surface area contributed by atoms with Gasteiger partial charge in [0.15, 0.2) is 0 Å². The summed E-state index contributed by atoms with van der Waals surface area (Å²) in [5.74, 6) is -0.407. The lowest BCUT2D eigenvalue weighted by molar-refractivity contribution is -0.274. The van der Waals surface area contributed by atoms with Crippen LogP contribution in [0, 0.1) is 0 Å². The third-order valence-electron chi connectivity index (χ3n) is 2.48. The normalized spacial score (nSPS) is 13.4. The van der Waals surface area contributed by atoms with Gasteiger partial charge in [-0.25, -0.2) is 0 Å². The van der Waals surface area contributed by atoms with Crippen LogP contribution in [0.3, 0.4) is 0 Å². The van der Waals surface area contributed by atoms with Crippen molar-refractivity contribution >= 4 is 11.6 Å². The largest absolute Gasteiger partial charge is 0.573 e. The summed E-state index contributed by atoms with van der Waals surface area (Å²) in [7, 11) is 0. The average molecular weight is 282 g/mol. The van der Waals surface area contributed by atoms with Crippen LogP contribution >= 0.6 is 11.6 Å². The molecule has 1 aromatic rings. The van der Waals surface area contributed by atoms with Gasteiger partial charge in [0, 0.05) is 6.04 Å². The van der Waals surface area contributed by atoms with E-state index in [1.54, 1.807) is 0 Å². The fourth-order valence-corrected chi connectivity index (χ4v) is 1.77. The van der Waals surface area contributed by atoms with E-state index in [9.17, 15) is 13.2 Å². The number of unbranched alkanes of at least 4 members (excludes halogenated alkanes) is 1. The Morgan fingerprint density at radius 2 is 2.06 bits per heavy atom. The minimum Gasteiger partial charge on any atom is -0.404 e. The van der Waals surface area contributed by atoms with Gasteiger partial charge in [0.2, 0.25) is 0 Å². The molecule has 0 aliphatic heterocycles. The van der Waals surface area contributed by atoms with Crippen LogP contribution in [0.1, 0.15) is 37.8 Å². The molecule has 1 aromatic carbocycles. The molecule has 0 radical (unpaired) electrons. The van der Waals surface area contributed by atoms with Crippen LogP contribution in [-0.4, -0.2) is 6.36 Å². The topological polar surface area (TPSA) is 35.2 Å². The molecule has 0 heterocycles. The maximum Gasteiger partial charge on any atom is 0.573 e. The van der Waals surface area contributed by atoms with E-state index in [1.165, 1.54) is 18.2 Å². The van der Waals surface area contributed by atoms with Gasteiger partial charge < -0.3 is 10.5 Å². The van der Waals surface area contributed by atoms with Gasteiger partial charge in [-0.3, -0.25) is 0 Å². The maximum atomic E-state index is 12.0. The number of rotatable bonds is 5. The molecule has 0 aliphatic rings. The van der Waals surface area contributed by atoms with Crippen molar-refractivity contribution in [3.05, 3.63) is 28.8 Å². The molecule has 0 amide bonds. The molecule has 2 N–H and O–H groups in total. The lowest BCUT2D eigenvalue weighted by Gasteiger charge is -2.14. The predicted octanol–water partition coefficient (Wildman–Crippen LogP) is 4.43.